The highest BCUT2D eigenvalue weighted by Gasteiger charge is 2.13. The molecule has 0 fully saturated rings. The molecule has 0 unspecified atom stereocenters. The third kappa shape index (κ3) is 4.18. The summed E-state index contributed by atoms with van der Waals surface area (Å²) in [6.07, 6.45) is -0.756. The van der Waals surface area contributed by atoms with Gasteiger partial charge in [0.2, 0.25) is 0 Å². The summed E-state index contributed by atoms with van der Waals surface area (Å²) in [5.74, 6) is 0.357. The van der Waals surface area contributed by atoms with Crippen molar-refractivity contribution >= 4 is 17.3 Å². The third-order valence-corrected chi connectivity index (χ3v) is 2.22. The van der Waals surface area contributed by atoms with Crippen LogP contribution in [-0.2, 0) is 4.74 Å². The van der Waals surface area contributed by atoms with E-state index in [1.165, 1.54) is 25.3 Å². The summed E-state index contributed by atoms with van der Waals surface area (Å²) >= 11 is 5.69. The van der Waals surface area contributed by atoms with E-state index in [2.05, 4.69) is 0 Å². The second-order valence-electron chi connectivity index (χ2n) is 3.29. The number of benzene rings is 1. The third-order valence-electron chi connectivity index (χ3n) is 1.92. The van der Waals surface area contributed by atoms with Gasteiger partial charge in [-0.05, 0) is 6.07 Å². The first-order valence-corrected chi connectivity index (χ1v) is 5.16. The van der Waals surface area contributed by atoms with Gasteiger partial charge in [-0.2, -0.15) is 0 Å². The standard InChI is InChI=1S/C10H12ClNO5/c1-16-5-7(13)6-17-8-2-3-10(12(14)15)9(11)4-8/h2-4,7,13H,5-6H2,1H3/t7-/m0/s1. The van der Waals surface area contributed by atoms with Gasteiger partial charge in [0.1, 0.15) is 23.5 Å². The molecule has 0 spiro atoms. The fourth-order valence-electron chi connectivity index (χ4n) is 1.16. The van der Waals surface area contributed by atoms with Crippen molar-refractivity contribution in [2.75, 3.05) is 20.3 Å². The van der Waals surface area contributed by atoms with Crippen LogP contribution >= 0.6 is 11.6 Å². The Morgan fingerprint density at radius 1 is 1.53 bits per heavy atom. The molecule has 1 atom stereocenters. The van der Waals surface area contributed by atoms with E-state index in [4.69, 9.17) is 21.1 Å². The average Bonchev–Trinajstić information content (AvgIpc) is 2.26. The van der Waals surface area contributed by atoms with Crippen LogP contribution in [0.2, 0.25) is 5.02 Å². The molecule has 0 amide bonds. The SMILES string of the molecule is COC[C@H](O)COc1ccc([N+](=O)[O-])c(Cl)c1. The van der Waals surface area contributed by atoms with Crippen molar-refractivity contribution in [1.29, 1.82) is 0 Å². The molecule has 0 bridgehead atoms. The average molecular weight is 262 g/mol. The van der Waals surface area contributed by atoms with Gasteiger partial charge in [0.25, 0.3) is 5.69 Å². The molecule has 0 aromatic heterocycles. The molecule has 0 heterocycles. The lowest BCUT2D eigenvalue weighted by Crippen LogP contribution is -2.22. The molecule has 0 saturated carbocycles. The molecule has 94 valence electrons. The molecule has 0 aliphatic heterocycles. The number of ether oxygens (including phenoxy) is 2. The summed E-state index contributed by atoms with van der Waals surface area (Å²) in [4.78, 5) is 9.93. The maximum atomic E-state index is 10.5. The van der Waals surface area contributed by atoms with Crippen LogP contribution < -0.4 is 4.74 Å². The molecule has 1 rings (SSSR count). The first kappa shape index (κ1) is 13.7. The molecule has 0 radical (unpaired) electrons. The van der Waals surface area contributed by atoms with Crippen LogP contribution in [0.15, 0.2) is 18.2 Å². The van der Waals surface area contributed by atoms with Crippen molar-refractivity contribution in [2.24, 2.45) is 0 Å². The Kier molecular flexibility index (Phi) is 5.14. The molecule has 0 aliphatic rings. The lowest BCUT2D eigenvalue weighted by Gasteiger charge is -2.11. The zero-order valence-corrected chi connectivity index (χ0v) is 9.88. The van der Waals surface area contributed by atoms with Crippen molar-refractivity contribution in [3.63, 3.8) is 0 Å². The monoisotopic (exact) mass is 261 g/mol. The largest absolute Gasteiger partial charge is 0.491 e. The van der Waals surface area contributed by atoms with E-state index in [1.54, 1.807) is 0 Å². The quantitative estimate of drug-likeness (QED) is 0.622. The second kappa shape index (κ2) is 6.39. The van der Waals surface area contributed by atoms with Crippen LogP contribution in [0.3, 0.4) is 0 Å². The Bertz CT molecular complexity index is 398. The van der Waals surface area contributed by atoms with Crippen molar-refractivity contribution < 1.29 is 19.5 Å². The Balaban J connectivity index is 2.62. The summed E-state index contributed by atoms with van der Waals surface area (Å²) < 4.78 is 9.92. The number of aliphatic hydroxyl groups is 1. The van der Waals surface area contributed by atoms with E-state index in [0.717, 1.165) is 0 Å². The number of nitro groups is 1. The van der Waals surface area contributed by atoms with E-state index in [1.807, 2.05) is 0 Å². The normalized spacial score (nSPS) is 12.2. The van der Waals surface area contributed by atoms with Crippen molar-refractivity contribution in [3.05, 3.63) is 33.3 Å². The molecular weight excluding hydrogens is 250 g/mol. The highest BCUT2D eigenvalue weighted by atomic mass is 35.5. The lowest BCUT2D eigenvalue weighted by atomic mass is 10.3. The summed E-state index contributed by atoms with van der Waals surface area (Å²) in [7, 11) is 1.46. The number of nitrogens with zero attached hydrogens (tertiary/aromatic N) is 1. The van der Waals surface area contributed by atoms with Crippen LogP contribution in [0.25, 0.3) is 0 Å². The van der Waals surface area contributed by atoms with E-state index in [0.29, 0.717) is 5.75 Å². The number of nitro benzene ring substituents is 1. The van der Waals surface area contributed by atoms with E-state index >= 15 is 0 Å². The molecule has 7 heteroatoms. The van der Waals surface area contributed by atoms with Crippen LogP contribution in [0, 0.1) is 10.1 Å². The highest BCUT2D eigenvalue weighted by molar-refractivity contribution is 6.32. The number of aliphatic hydroxyl groups excluding tert-OH is 1. The molecule has 6 nitrogen and oxygen atoms in total. The first-order chi connectivity index (χ1) is 8.04. The number of rotatable bonds is 6. The van der Waals surface area contributed by atoms with Gasteiger partial charge in [-0.3, -0.25) is 10.1 Å². The van der Waals surface area contributed by atoms with E-state index in [-0.39, 0.29) is 23.9 Å². The Morgan fingerprint density at radius 2 is 2.24 bits per heavy atom. The number of hydrogen-bond acceptors (Lipinski definition) is 5. The molecule has 0 aliphatic carbocycles. The van der Waals surface area contributed by atoms with Gasteiger partial charge in [-0.1, -0.05) is 11.6 Å². The Hall–Kier alpha value is -1.37. The summed E-state index contributed by atoms with van der Waals surface area (Å²) in [6, 6.07) is 4.00. The molecule has 1 aromatic carbocycles. The number of methoxy groups -OCH3 is 1. The van der Waals surface area contributed by atoms with Crippen LogP contribution in [0.5, 0.6) is 5.75 Å². The van der Waals surface area contributed by atoms with E-state index < -0.39 is 11.0 Å². The van der Waals surface area contributed by atoms with Gasteiger partial charge in [-0.15, -0.1) is 0 Å². The molecule has 17 heavy (non-hydrogen) atoms. The van der Waals surface area contributed by atoms with Crippen LogP contribution in [0.4, 0.5) is 5.69 Å². The Morgan fingerprint density at radius 3 is 2.76 bits per heavy atom. The van der Waals surface area contributed by atoms with Crippen LogP contribution in [0.1, 0.15) is 0 Å². The topological polar surface area (TPSA) is 81.8 Å². The fourth-order valence-corrected chi connectivity index (χ4v) is 1.40. The highest BCUT2D eigenvalue weighted by Crippen LogP contribution is 2.28. The van der Waals surface area contributed by atoms with Gasteiger partial charge < -0.3 is 14.6 Å². The van der Waals surface area contributed by atoms with Crippen molar-refractivity contribution in [3.8, 4) is 5.75 Å². The maximum Gasteiger partial charge on any atom is 0.288 e. The van der Waals surface area contributed by atoms with Gasteiger partial charge >= 0.3 is 0 Å². The zero-order valence-electron chi connectivity index (χ0n) is 9.13. The van der Waals surface area contributed by atoms with Gasteiger partial charge in [-0.25, -0.2) is 0 Å². The molecular formula is C10H12ClNO5. The predicted molar refractivity (Wildman–Crippen MR) is 61.5 cm³/mol. The number of hydrogen-bond donors (Lipinski definition) is 1. The van der Waals surface area contributed by atoms with Gasteiger partial charge in [0, 0.05) is 19.2 Å². The minimum Gasteiger partial charge on any atom is -0.491 e. The zero-order chi connectivity index (χ0) is 12.8. The molecule has 0 saturated heterocycles. The predicted octanol–water partition coefficient (Wildman–Crippen LogP) is 1.63. The lowest BCUT2D eigenvalue weighted by molar-refractivity contribution is -0.384. The minimum atomic E-state index is -0.756. The summed E-state index contributed by atoms with van der Waals surface area (Å²) in [5.41, 5.74) is -0.184. The van der Waals surface area contributed by atoms with Gasteiger partial charge in [0.15, 0.2) is 0 Å². The minimum absolute atomic E-state index is 0.00580. The van der Waals surface area contributed by atoms with E-state index in [9.17, 15) is 15.2 Å². The van der Waals surface area contributed by atoms with Crippen molar-refractivity contribution in [2.45, 2.75) is 6.10 Å². The summed E-state index contributed by atoms with van der Waals surface area (Å²) in [6.45, 7) is 0.183. The maximum absolute atomic E-state index is 10.5. The van der Waals surface area contributed by atoms with Crippen LogP contribution in [-0.4, -0.2) is 36.5 Å². The second-order valence-corrected chi connectivity index (χ2v) is 3.70. The number of halogens is 1. The van der Waals surface area contributed by atoms with Crippen molar-refractivity contribution in [1.82, 2.24) is 0 Å². The Labute approximate surface area is 103 Å². The summed E-state index contributed by atoms with van der Waals surface area (Å²) in [5, 5.41) is 19.8. The molecule has 1 N–H and O–H groups in total. The van der Waals surface area contributed by atoms with Gasteiger partial charge in [0.05, 0.1) is 11.5 Å². The fraction of sp³-hybridized carbons (Fsp3) is 0.400. The molecule has 1 aromatic rings. The smallest absolute Gasteiger partial charge is 0.288 e. The first-order valence-electron chi connectivity index (χ1n) is 4.78.